The van der Waals surface area contributed by atoms with Crippen molar-refractivity contribution in [2.45, 2.75) is 25.7 Å². The van der Waals surface area contributed by atoms with Crippen molar-refractivity contribution >= 4 is 11.6 Å². The summed E-state index contributed by atoms with van der Waals surface area (Å²) in [6, 6.07) is 9.91. The van der Waals surface area contributed by atoms with Crippen LogP contribution in [0.25, 0.3) is 0 Å². The number of hydrogen-bond acceptors (Lipinski definition) is 1. The summed E-state index contributed by atoms with van der Waals surface area (Å²) in [6.45, 7) is 0.867. The number of aliphatic imine (C=N–C) groups is 1. The Morgan fingerprint density at radius 2 is 1.94 bits per heavy atom. The Bertz CT molecular complexity index is 339. The van der Waals surface area contributed by atoms with E-state index in [9.17, 15) is 0 Å². The maximum absolute atomic E-state index is 5.82. The minimum atomic E-state index is 0.526. The molecule has 3 nitrogen and oxygen atoms in total. The van der Waals surface area contributed by atoms with Crippen molar-refractivity contribution in [1.29, 1.82) is 0 Å². The number of benzene rings is 1. The molecule has 0 aromatic heterocycles. The zero-order valence-corrected chi connectivity index (χ0v) is 9.52. The van der Waals surface area contributed by atoms with Gasteiger partial charge in [0, 0.05) is 12.2 Å². The van der Waals surface area contributed by atoms with Crippen molar-refractivity contribution in [3.8, 4) is 0 Å². The van der Waals surface area contributed by atoms with E-state index in [-0.39, 0.29) is 0 Å². The molecule has 2 rings (SSSR count). The molecule has 1 aliphatic carbocycles. The van der Waals surface area contributed by atoms with E-state index in [1.165, 1.54) is 25.7 Å². The van der Waals surface area contributed by atoms with Gasteiger partial charge >= 0.3 is 0 Å². The van der Waals surface area contributed by atoms with Crippen molar-refractivity contribution in [2.24, 2.45) is 16.6 Å². The summed E-state index contributed by atoms with van der Waals surface area (Å²) in [7, 11) is 0. The Hall–Kier alpha value is -1.51. The zero-order valence-electron chi connectivity index (χ0n) is 9.52. The minimum absolute atomic E-state index is 0.526. The molecule has 0 aliphatic heterocycles. The van der Waals surface area contributed by atoms with E-state index in [1.54, 1.807) is 0 Å². The molecule has 0 saturated heterocycles. The number of nitrogens with two attached hydrogens (primary N) is 1. The van der Waals surface area contributed by atoms with Gasteiger partial charge in [0.05, 0.1) is 0 Å². The van der Waals surface area contributed by atoms with Gasteiger partial charge in [-0.25, -0.2) is 0 Å². The minimum Gasteiger partial charge on any atom is -0.370 e. The standard InChI is InChI=1S/C13H19N3/c14-13(15-10-11-6-4-5-7-11)16-12-8-2-1-3-9-12/h1-3,8-9,11H,4-7,10H2,(H3,14,15,16). The van der Waals surface area contributed by atoms with Gasteiger partial charge in [-0.1, -0.05) is 31.0 Å². The summed E-state index contributed by atoms with van der Waals surface area (Å²) < 4.78 is 0. The number of nitrogens with one attached hydrogen (secondary N) is 1. The van der Waals surface area contributed by atoms with Gasteiger partial charge in [0.2, 0.25) is 0 Å². The van der Waals surface area contributed by atoms with Crippen LogP contribution in [0, 0.1) is 5.92 Å². The molecule has 1 aromatic rings. The zero-order chi connectivity index (χ0) is 11.2. The van der Waals surface area contributed by atoms with Crippen LogP contribution in [0.1, 0.15) is 25.7 Å². The van der Waals surface area contributed by atoms with E-state index in [0.717, 1.165) is 18.2 Å². The van der Waals surface area contributed by atoms with Crippen molar-refractivity contribution in [1.82, 2.24) is 0 Å². The Labute approximate surface area is 96.8 Å². The summed E-state index contributed by atoms with van der Waals surface area (Å²) in [5.41, 5.74) is 6.82. The summed E-state index contributed by atoms with van der Waals surface area (Å²) in [5.74, 6) is 1.27. The van der Waals surface area contributed by atoms with Gasteiger partial charge in [-0.05, 0) is 30.9 Å². The van der Waals surface area contributed by atoms with Gasteiger partial charge in [0.25, 0.3) is 0 Å². The average molecular weight is 217 g/mol. The Balaban J connectivity index is 1.82. The first-order valence-corrected chi connectivity index (χ1v) is 5.96. The quantitative estimate of drug-likeness (QED) is 0.604. The fraction of sp³-hybridized carbons (Fsp3) is 0.462. The molecule has 0 amide bonds. The van der Waals surface area contributed by atoms with Crippen LogP contribution in [0.3, 0.4) is 0 Å². The normalized spacial score (nSPS) is 17.6. The first-order valence-electron chi connectivity index (χ1n) is 5.96. The van der Waals surface area contributed by atoms with E-state index in [2.05, 4.69) is 10.3 Å². The van der Waals surface area contributed by atoms with Gasteiger partial charge in [-0.3, -0.25) is 4.99 Å². The SMILES string of the molecule is NC(=NCC1CCCC1)Nc1ccccc1. The number of guanidine groups is 1. The molecule has 0 spiro atoms. The number of anilines is 1. The second-order valence-corrected chi connectivity index (χ2v) is 4.37. The van der Waals surface area contributed by atoms with Crippen LogP contribution in [-0.2, 0) is 0 Å². The molecule has 1 aromatic carbocycles. The molecule has 1 aliphatic rings. The molecular formula is C13H19N3. The number of nitrogens with zero attached hydrogens (tertiary/aromatic N) is 1. The van der Waals surface area contributed by atoms with Crippen LogP contribution >= 0.6 is 0 Å². The van der Waals surface area contributed by atoms with E-state index in [4.69, 9.17) is 5.73 Å². The first kappa shape index (κ1) is 11.0. The van der Waals surface area contributed by atoms with Crippen molar-refractivity contribution in [2.75, 3.05) is 11.9 Å². The number of rotatable bonds is 3. The van der Waals surface area contributed by atoms with Gasteiger partial charge in [-0.2, -0.15) is 0 Å². The molecule has 3 heteroatoms. The molecule has 3 N–H and O–H groups in total. The summed E-state index contributed by atoms with van der Waals surface area (Å²) in [6.07, 6.45) is 5.32. The Kier molecular flexibility index (Phi) is 3.81. The lowest BCUT2D eigenvalue weighted by molar-refractivity contribution is 0.563. The third-order valence-electron chi connectivity index (χ3n) is 3.04. The predicted octanol–water partition coefficient (Wildman–Crippen LogP) is 2.60. The van der Waals surface area contributed by atoms with E-state index >= 15 is 0 Å². The molecular weight excluding hydrogens is 198 g/mol. The van der Waals surface area contributed by atoms with Crippen LogP contribution in [-0.4, -0.2) is 12.5 Å². The third-order valence-corrected chi connectivity index (χ3v) is 3.04. The lowest BCUT2D eigenvalue weighted by Gasteiger charge is -2.07. The highest BCUT2D eigenvalue weighted by Crippen LogP contribution is 2.24. The van der Waals surface area contributed by atoms with E-state index in [1.807, 2.05) is 30.3 Å². The van der Waals surface area contributed by atoms with Crippen LogP contribution in [0.2, 0.25) is 0 Å². The molecule has 86 valence electrons. The fourth-order valence-corrected chi connectivity index (χ4v) is 2.13. The second kappa shape index (κ2) is 5.54. The maximum atomic E-state index is 5.82. The first-order chi connectivity index (χ1) is 7.84. The molecule has 0 radical (unpaired) electrons. The van der Waals surface area contributed by atoms with Crippen molar-refractivity contribution in [3.05, 3.63) is 30.3 Å². The lowest BCUT2D eigenvalue weighted by atomic mass is 10.1. The molecule has 1 fully saturated rings. The Morgan fingerprint density at radius 3 is 2.62 bits per heavy atom. The van der Waals surface area contributed by atoms with Gasteiger partial charge in [-0.15, -0.1) is 0 Å². The van der Waals surface area contributed by atoms with Crippen LogP contribution in [0.4, 0.5) is 5.69 Å². The largest absolute Gasteiger partial charge is 0.370 e. The molecule has 1 saturated carbocycles. The smallest absolute Gasteiger partial charge is 0.193 e. The van der Waals surface area contributed by atoms with E-state index < -0.39 is 0 Å². The third kappa shape index (κ3) is 3.26. The van der Waals surface area contributed by atoms with Crippen molar-refractivity contribution < 1.29 is 0 Å². The Morgan fingerprint density at radius 1 is 1.25 bits per heavy atom. The highest BCUT2D eigenvalue weighted by molar-refractivity contribution is 5.92. The van der Waals surface area contributed by atoms with Gasteiger partial charge in [0.1, 0.15) is 0 Å². The van der Waals surface area contributed by atoms with Crippen molar-refractivity contribution in [3.63, 3.8) is 0 Å². The van der Waals surface area contributed by atoms with Crippen LogP contribution in [0.15, 0.2) is 35.3 Å². The summed E-state index contributed by atoms with van der Waals surface area (Å²) in [4.78, 5) is 4.38. The average Bonchev–Trinajstić information content (AvgIpc) is 2.81. The van der Waals surface area contributed by atoms with Crippen LogP contribution < -0.4 is 11.1 Å². The summed E-state index contributed by atoms with van der Waals surface area (Å²) >= 11 is 0. The molecule has 0 unspecified atom stereocenters. The highest BCUT2D eigenvalue weighted by Gasteiger charge is 2.13. The molecule has 0 atom stereocenters. The predicted molar refractivity (Wildman–Crippen MR) is 68.5 cm³/mol. The molecule has 16 heavy (non-hydrogen) atoms. The van der Waals surface area contributed by atoms with Crippen LogP contribution in [0.5, 0.6) is 0 Å². The second-order valence-electron chi connectivity index (χ2n) is 4.37. The molecule has 0 heterocycles. The number of para-hydroxylation sites is 1. The monoisotopic (exact) mass is 217 g/mol. The topological polar surface area (TPSA) is 50.4 Å². The van der Waals surface area contributed by atoms with Gasteiger partial charge < -0.3 is 11.1 Å². The van der Waals surface area contributed by atoms with Gasteiger partial charge in [0.15, 0.2) is 5.96 Å². The fourth-order valence-electron chi connectivity index (χ4n) is 2.13. The highest BCUT2D eigenvalue weighted by atomic mass is 15.1. The maximum Gasteiger partial charge on any atom is 0.193 e. The molecule has 0 bridgehead atoms. The lowest BCUT2D eigenvalue weighted by Crippen LogP contribution is -2.23. The summed E-state index contributed by atoms with van der Waals surface area (Å²) in [5, 5.41) is 3.09. The van der Waals surface area contributed by atoms with E-state index in [0.29, 0.717) is 5.96 Å². The number of hydrogen-bond donors (Lipinski definition) is 2.